The average molecular weight is 347 g/mol. The summed E-state index contributed by atoms with van der Waals surface area (Å²) < 4.78 is 7.11. The molecule has 136 valence electrons. The molecular weight excluding hydrogens is 322 g/mol. The number of piperidine rings is 1. The van der Waals surface area contributed by atoms with Gasteiger partial charge in [-0.15, -0.1) is 5.10 Å². The Morgan fingerprint density at radius 1 is 1.40 bits per heavy atom. The van der Waals surface area contributed by atoms with Crippen molar-refractivity contribution in [2.45, 2.75) is 58.4 Å². The van der Waals surface area contributed by atoms with Crippen LogP contribution in [0.15, 0.2) is 10.7 Å². The minimum atomic E-state index is -0.143. The van der Waals surface area contributed by atoms with E-state index in [0.29, 0.717) is 24.8 Å². The molecule has 0 bridgehead atoms. The molecule has 9 heteroatoms. The maximum absolute atomic E-state index is 12.4. The highest BCUT2D eigenvalue weighted by Crippen LogP contribution is 2.27. The second-order valence-corrected chi connectivity index (χ2v) is 6.70. The van der Waals surface area contributed by atoms with Gasteiger partial charge in [0, 0.05) is 31.5 Å². The number of hydrogen-bond donors (Lipinski definition) is 1. The maximum Gasteiger partial charge on any atom is 0.323 e. The number of aryl methyl sites for hydroxylation is 1. The zero-order chi connectivity index (χ0) is 17.8. The highest BCUT2D eigenvalue weighted by molar-refractivity contribution is 5.88. The summed E-state index contributed by atoms with van der Waals surface area (Å²) in [5, 5.41) is 14.8. The largest absolute Gasteiger partial charge is 0.339 e. The number of likely N-dealkylation sites (tertiary alicyclic amines) is 1. The number of rotatable bonds is 5. The van der Waals surface area contributed by atoms with Crippen molar-refractivity contribution in [3.8, 4) is 0 Å². The molecule has 1 saturated heterocycles. The Balaban J connectivity index is 1.51. The zero-order valence-corrected chi connectivity index (χ0v) is 15.0. The Kier molecular flexibility index (Phi) is 5.30. The molecule has 0 aromatic carbocycles. The summed E-state index contributed by atoms with van der Waals surface area (Å²) in [4.78, 5) is 18.6. The van der Waals surface area contributed by atoms with E-state index in [0.717, 1.165) is 31.6 Å². The van der Waals surface area contributed by atoms with Crippen molar-refractivity contribution in [3.05, 3.63) is 17.9 Å². The minimum absolute atomic E-state index is 0.143. The van der Waals surface area contributed by atoms with Crippen LogP contribution in [-0.2, 0) is 6.54 Å². The molecule has 0 saturated carbocycles. The van der Waals surface area contributed by atoms with E-state index in [-0.39, 0.29) is 17.9 Å². The first-order valence-electron chi connectivity index (χ1n) is 8.86. The summed E-state index contributed by atoms with van der Waals surface area (Å²) in [6.45, 7) is 8.24. The highest BCUT2D eigenvalue weighted by atomic mass is 16.5. The van der Waals surface area contributed by atoms with Gasteiger partial charge in [-0.2, -0.15) is 4.98 Å². The number of nitrogens with zero attached hydrogens (tertiary/aromatic N) is 6. The van der Waals surface area contributed by atoms with E-state index in [1.54, 1.807) is 15.8 Å². The lowest BCUT2D eigenvalue weighted by Crippen LogP contribution is -2.40. The fourth-order valence-corrected chi connectivity index (χ4v) is 2.86. The lowest BCUT2D eigenvalue weighted by molar-refractivity contribution is 0.187. The minimum Gasteiger partial charge on any atom is -0.339 e. The van der Waals surface area contributed by atoms with Crippen molar-refractivity contribution >= 4 is 11.8 Å². The van der Waals surface area contributed by atoms with Crippen LogP contribution in [0.1, 0.15) is 63.6 Å². The molecule has 0 unspecified atom stereocenters. The third-order valence-corrected chi connectivity index (χ3v) is 4.33. The molecule has 0 radical (unpaired) electrons. The molecule has 0 atom stereocenters. The van der Waals surface area contributed by atoms with E-state index in [2.05, 4.69) is 32.7 Å². The number of carbonyl (C=O) groups is 1. The Bertz CT molecular complexity index is 701. The first-order valence-corrected chi connectivity index (χ1v) is 8.86. The van der Waals surface area contributed by atoms with Crippen LogP contribution in [-0.4, -0.2) is 49.2 Å². The number of carbonyl (C=O) groups excluding carboxylic acids is 1. The van der Waals surface area contributed by atoms with Crippen LogP contribution in [0.5, 0.6) is 0 Å². The third-order valence-electron chi connectivity index (χ3n) is 4.33. The Morgan fingerprint density at radius 2 is 2.16 bits per heavy atom. The van der Waals surface area contributed by atoms with E-state index >= 15 is 0 Å². The van der Waals surface area contributed by atoms with Gasteiger partial charge >= 0.3 is 6.03 Å². The van der Waals surface area contributed by atoms with E-state index in [4.69, 9.17) is 4.52 Å². The van der Waals surface area contributed by atoms with Gasteiger partial charge in [0.2, 0.25) is 5.89 Å². The smallest absolute Gasteiger partial charge is 0.323 e. The van der Waals surface area contributed by atoms with Crippen molar-refractivity contribution in [1.29, 1.82) is 0 Å². The summed E-state index contributed by atoms with van der Waals surface area (Å²) in [5.74, 6) is 2.38. The van der Waals surface area contributed by atoms with Crippen LogP contribution >= 0.6 is 0 Å². The van der Waals surface area contributed by atoms with Crippen molar-refractivity contribution in [1.82, 2.24) is 30.0 Å². The van der Waals surface area contributed by atoms with Crippen molar-refractivity contribution in [2.24, 2.45) is 0 Å². The summed E-state index contributed by atoms with van der Waals surface area (Å²) in [6.07, 6.45) is 4.35. The van der Waals surface area contributed by atoms with Crippen LogP contribution in [0.25, 0.3) is 0 Å². The van der Waals surface area contributed by atoms with E-state index in [1.165, 1.54) is 0 Å². The van der Waals surface area contributed by atoms with Gasteiger partial charge in [-0.3, -0.25) is 10.00 Å². The maximum atomic E-state index is 12.4. The van der Waals surface area contributed by atoms with Crippen molar-refractivity contribution < 1.29 is 9.32 Å². The fraction of sp³-hybridized carbons (Fsp3) is 0.688. The molecule has 0 aliphatic carbocycles. The van der Waals surface area contributed by atoms with Crippen molar-refractivity contribution in [2.75, 3.05) is 18.4 Å². The third kappa shape index (κ3) is 4.15. The lowest BCUT2D eigenvalue weighted by Gasteiger charge is -2.30. The predicted octanol–water partition coefficient (Wildman–Crippen LogP) is 2.61. The zero-order valence-electron chi connectivity index (χ0n) is 15.0. The van der Waals surface area contributed by atoms with E-state index in [1.807, 2.05) is 13.8 Å². The molecule has 25 heavy (non-hydrogen) atoms. The molecule has 3 heterocycles. The van der Waals surface area contributed by atoms with Gasteiger partial charge in [0.1, 0.15) is 0 Å². The van der Waals surface area contributed by atoms with Gasteiger partial charge < -0.3 is 9.42 Å². The number of urea groups is 1. The van der Waals surface area contributed by atoms with Crippen molar-refractivity contribution in [3.63, 3.8) is 0 Å². The Morgan fingerprint density at radius 3 is 2.80 bits per heavy atom. The number of hydrogen-bond acceptors (Lipinski definition) is 6. The van der Waals surface area contributed by atoms with Crippen LogP contribution < -0.4 is 5.32 Å². The number of aromatic nitrogens is 5. The SMILES string of the molecule is CCCn1cc(NC(=O)N2CCC(c3nc(C(C)C)no3)CC2)nn1. The quantitative estimate of drug-likeness (QED) is 0.892. The molecule has 2 amide bonds. The number of anilines is 1. The highest BCUT2D eigenvalue weighted by Gasteiger charge is 2.28. The van der Waals surface area contributed by atoms with Gasteiger partial charge in [-0.1, -0.05) is 31.1 Å². The molecule has 1 aliphatic heterocycles. The molecule has 1 aliphatic rings. The fourth-order valence-electron chi connectivity index (χ4n) is 2.86. The molecule has 3 rings (SSSR count). The van der Waals surface area contributed by atoms with Crippen LogP contribution in [0.4, 0.5) is 10.6 Å². The summed E-state index contributed by atoms with van der Waals surface area (Å²) in [5.41, 5.74) is 0. The molecule has 2 aromatic rings. The van der Waals surface area contributed by atoms with Gasteiger partial charge in [0.05, 0.1) is 6.20 Å². The van der Waals surface area contributed by atoms with Gasteiger partial charge in [0.25, 0.3) is 0 Å². The summed E-state index contributed by atoms with van der Waals surface area (Å²) in [6, 6.07) is -0.143. The van der Waals surface area contributed by atoms with E-state index < -0.39 is 0 Å². The van der Waals surface area contributed by atoms with Crippen LogP contribution in [0.2, 0.25) is 0 Å². The second-order valence-electron chi connectivity index (χ2n) is 6.70. The second kappa shape index (κ2) is 7.62. The molecule has 1 N–H and O–H groups in total. The first kappa shape index (κ1) is 17.4. The normalized spacial score (nSPS) is 15.8. The summed E-state index contributed by atoms with van der Waals surface area (Å²) >= 11 is 0. The Labute approximate surface area is 146 Å². The van der Waals surface area contributed by atoms with Gasteiger partial charge in [0.15, 0.2) is 11.6 Å². The predicted molar refractivity (Wildman–Crippen MR) is 91.3 cm³/mol. The standard InChI is InChI=1S/C16H25N7O2/c1-4-7-23-10-13(19-21-23)17-16(24)22-8-5-12(6-9-22)15-18-14(11(2)3)20-25-15/h10-12H,4-9H2,1-3H3,(H,17,24). The Hall–Kier alpha value is -2.45. The van der Waals surface area contributed by atoms with Crippen LogP contribution in [0.3, 0.4) is 0 Å². The van der Waals surface area contributed by atoms with Gasteiger partial charge in [-0.05, 0) is 19.3 Å². The average Bonchev–Trinajstić information content (AvgIpc) is 3.25. The molecule has 2 aromatic heterocycles. The molecule has 9 nitrogen and oxygen atoms in total. The topological polar surface area (TPSA) is 102 Å². The molecular formula is C16H25N7O2. The summed E-state index contributed by atoms with van der Waals surface area (Å²) in [7, 11) is 0. The molecule has 0 spiro atoms. The van der Waals surface area contributed by atoms with Crippen LogP contribution in [0, 0.1) is 0 Å². The molecule has 1 fully saturated rings. The monoisotopic (exact) mass is 347 g/mol. The first-order chi connectivity index (χ1) is 12.1. The van der Waals surface area contributed by atoms with E-state index in [9.17, 15) is 4.79 Å². The van der Waals surface area contributed by atoms with Gasteiger partial charge in [-0.25, -0.2) is 4.79 Å². The number of nitrogens with one attached hydrogen (secondary N) is 1. The number of amides is 2. The lowest BCUT2D eigenvalue weighted by atomic mass is 9.97.